The Labute approximate surface area is 169 Å². The second-order valence-corrected chi connectivity index (χ2v) is 22.3. The third-order valence-corrected chi connectivity index (χ3v) is 16.2. The van der Waals surface area contributed by atoms with Crippen molar-refractivity contribution in [3.63, 3.8) is 0 Å². The van der Waals surface area contributed by atoms with Gasteiger partial charge in [0.05, 0.1) is 18.5 Å². The summed E-state index contributed by atoms with van der Waals surface area (Å²) in [6, 6.07) is 0. The van der Waals surface area contributed by atoms with Crippen molar-refractivity contribution in [1.29, 1.82) is 0 Å². The minimum absolute atomic E-state index is 0.0117. The fraction of sp³-hybridized carbons (Fsp3) is 1.00. The maximum atomic E-state index is 11.6. The lowest BCUT2D eigenvalue weighted by Gasteiger charge is -2.41. The average Bonchev–Trinajstić information content (AvgIpc) is 2.72. The van der Waals surface area contributed by atoms with Gasteiger partial charge in [-0.05, 0) is 42.7 Å². The van der Waals surface area contributed by atoms with Crippen molar-refractivity contribution in [2.75, 3.05) is 12.9 Å². The Kier molecular flexibility index (Phi) is 7.67. The van der Waals surface area contributed by atoms with E-state index >= 15 is 0 Å². The van der Waals surface area contributed by atoms with Gasteiger partial charge in [0.25, 0.3) is 10.1 Å². The fourth-order valence-corrected chi connectivity index (χ4v) is 5.88. The fourth-order valence-electron chi connectivity index (χ4n) is 2.77. The molecular weight excluding hydrogens is 396 g/mol. The molecule has 0 heterocycles. The first-order chi connectivity index (χ1) is 11.8. The van der Waals surface area contributed by atoms with E-state index in [1.54, 1.807) is 0 Å². The van der Waals surface area contributed by atoms with Gasteiger partial charge in [0, 0.05) is 18.9 Å². The molecule has 0 aromatic heterocycles. The van der Waals surface area contributed by atoms with Gasteiger partial charge in [0.15, 0.2) is 16.6 Å². The normalized spacial score (nSPS) is 25.8. The van der Waals surface area contributed by atoms with Gasteiger partial charge in [-0.3, -0.25) is 4.18 Å². The predicted molar refractivity (Wildman–Crippen MR) is 118 cm³/mol. The number of hydrogen-bond donors (Lipinski definition) is 0. The van der Waals surface area contributed by atoms with Gasteiger partial charge >= 0.3 is 0 Å². The molecule has 1 aliphatic carbocycles. The molecule has 1 saturated carbocycles. The molecule has 0 radical (unpaired) electrons. The first kappa shape index (κ1) is 25.3. The van der Waals surface area contributed by atoms with Crippen LogP contribution < -0.4 is 0 Å². The highest BCUT2D eigenvalue weighted by atomic mass is 32.2. The first-order valence-corrected chi connectivity index (χ1v) is 17.6. The van der Waals surface area contributed by atoms with Gasteiger partial charge in [-0.2, -0.15) is 8.42 Å². The molecule has 0 amide bonds. The van der Waals surface area contributed by atoms with Gasteiger partial charge in [-0.25, -0.2) is 0 Å². The maximum Gasteiger partial charge on any atom is 0.264 e. The van der Waals surface area contributed by atoms with Crippen LogP contribution in [0, 0.1) is 5.92 Å². The zero-order chi connectivity index (χ0) is 21.5. The third-order valence-electron chi connectivity index (χ3n) is 6.61. The molecule has 162 valence electrons. The van der Waals surface area contributed by atoms with E-state index in [9.17, 15) is 8.42 Å². The van der Waals surface area contributed by atoms with Crippen molar-refractivity contribution in [1.82, 2.24) is 0 Å². The monoisotopic (exact) mass is 438 g/mol. The van der Waals surface area contributed by atoms with Crippen LogP contribution in [-0.2, 0) is 23.2 Å². The molecule has 8 heteroatoms. The molecule has 0 bridgehead atoms. The highest BCUT2D eigenvalue weighted by Gasteiger charge is 2.46. The highest BCUT2D eigenvalue weighted by Crippen LogP contribution is 2.43. The summed E-state index contributed by atoms with van der Waals surface area (Å²) in [5, 5.41) is 0.248. The van der Waals surface area contributed by atoms with Crippen LogP contribution in [0.4, 0.5) is 0 Å². The summed E-state index contributed by atoms with van der Waals surface area (Å²) in [5.41, 5.74) is 0. The predicted octanol–water partition coefficient (Wildman–Crippen LogP) is 5.15. The topological polar surface area (TPSA) is 61.8 Å². The number of rotatable bonds is 7. The SMILES string of the molecule is CC(C)(C)[Si](C)(C)OCC1CC(OS(C)(=O)=O)CC1O[Si](C)(C)C(C)(C)C. The number of hydrogen-bond acceptors (Lipinski definition) is 5. The second kappa shape index (κ2) is 8.18. The molecule has 5 nitrogen and oxygen atoms in total. The smallest absolute Gasteiger partial charge is 0.264 e. The van der Waals surface area contributed by atoms with Crippen LogP contribution >= 0.6 is 0 Å². The van der Waals surface area contributed by atoms with Crippen molar-refractivity contribution in [2.45, 2.75) is 103 Å². The summed E-state index contributed by atoms with van der Waals surface area (Å²) < 4.78 is 41.7. The molecule has 0 saturated heterocycles. The van der Waals surface area contributed by atoms with Gasteiger partial charge in [0.2, 0.25) is 0 Å². The molecule has 1 rings (SSSR count). The lowest BCUT2D eigenvalue weighted by molar-refractivity contribution is 0.100. The Balaban J connectivity index is 2.95. The van der Waals surface area contributed by atoms with E-state index < -0.39 is 26.8 Å². The molecule has 1 fully saturated rings. The van der Waals surface area contributed by atoms with E-state index in [0.717, 1.165) is 6.26 Å². The maximum absolute atomic E-state index is 11.6. The lowest BCUT2D eigenvalue weighted by Crippen LogP contribution is -2.46. The minimum atomic E-state index is -3.47. The van der Waals surface area contributed by atoms with E-state index in [2.05, 4.69) is 67.7 Å². The Morgan fingerprint density at radius 2 is 1.37 bits per heavy atom. The van der Waals surface area contributed by atoms with Crippen LogP contribution in [0.1, 0.15) is 54.4 Å². The lowest BCUT2D eigenvalue weighted by atomic mass is 10.1. The van der Waals surface area contributed by atoms with Crippen molar-refractivity contribution in [2.24, 2.45) is 5.92 Å². The summed E-state index contributed by atoms with van der Waals surface area (Å²) in [5.74, 6) is 0.167. The van der Waals surface area contributed by atoms with E-state index in [1.807, 2.05) is 0 Å². The Hall–Kier alpha value is 0.264. The van der Waals surface area contributed by atoms with Crippen LogP contribution in [0.15, 0.2) is 0 Å². The molecular formula is C19H42O5SSi2. The molecule has 27 heavy (non-hydrogen) atoms. The van der Waals surface area contributed by atoms with Gasteiger partial charge in [0.1, 0.15) is 0 Å². The summed E-state index contributed by atoms with van der Waals surface area (Å²) >= 11 is 0. The molecule has 0 aliphatic heterocycles. The quantitative estimate of drug-likeness (QED) is 0.406. The van der Waals surface area contributed by atoms with Crippen molar-refractivity contribution in [3.05, 3.63) is 0 Å². The standard InChI is InChI=1S/C19H42O5SSi2/c1-18(2,3)26(8,9)22-14-15-12-16(23-25(7,20)21)13-17(15)24-27(10,11)19(4,5)6/h15-17H,12-14H2,1-11H3. The molecule has 1 aliphatic rings. The first-order valence-electron chi connectivity index (χ1n) is 9.95. The van der Waals surface area contributed by atoms with Gasteiger partial charge in [-0.15, -0.1) is 0 Å². The Morgan fingerprint density at radius 1 is 0.889 bits per heavy atom. The zero-order valence-electron chi connectivity index (χ0n) is 19.3. The van der Waals surface area contributed by atoms with E-state index in [1.165, 1.54) is 0 Å². The summed E-state index contributed by atoms with van der Waals surface area (Å²) in [4.78, 5) is 0. The van der Waals surface area contributed by atoms with E-state index in [-0.39, 0.29) is 28.2 Å². The molecule has 3 atom stereocenters. The van der Waals surface area contributed by atoms with Gasteiger partial charge in [-0.1, -0.05) is 41.5 Å². The van der Waals surface area contributed by atoms with Crippen LogP contribution in [0.25, 0.3) is 0 Å². The third kappa shape index (κ3) is 7.22. The zero-order valence-corrected chi connectivity index (χ0v) is 22.1. The average molecular weight is 439 g/mol. The van der Waals surface area contributed by atoms with E-state index in [4.69, 9.17) is 13.0 Å². The van der Waals surface area contributed by atoms with Crippen molar-refractivity contribution >= 4 is 26.8 Å². The van der Waals surface area contributed by atoms with Crippen molar-refractivity contribution in [3.8, 4) is 0 Å². The summed E-state index contributed by atoms with van der Waals surface area (Å²) in [6.07, 6.45) is 2.08. The molecule has 0 N–H and O–H groups in total. The molecule has 0 spiro atoms. The minimum Gasteiger partial charge on any atom is -0.416 e. The summed E-state index contributed by atoms with van der Waals surface area (Å²) in [7, 11) is -7.30. The van der Waals surface area contributed by atoms with Crippen LogP contribution in [0.5, 0.6) is 0 Å². The van der Waals surface area contributed by atoms with Crippen LogP contribution in [0.2, 0.25) is 36.3 Å². The molecule has 0 aromatic carbocycles. The second-order valence-electron chi connectivity index (χ2n) is 11.1. The Morgan fingerprint density at radius 3 is 1.78 bits per heavy atom. The summed E-state index contributed by atoms with van der Waals surface area (Å²) in [6.45, 7) is 22.9. The van der Waals surface area contributed by atoms with Crippen LogP contribution in [-0.4, -0.2) is 50.1 Å². The molecule has 3 unspecified atom stereocenters. The van der Waals surface area contributed by atoms with Crippen LogP contribution in [0.3, 0.4) is 0 Å². The largest absolute Gasteiger partial charge is 0.416 e. The Bertz CT molecular complexity index is 603. The van der Waals surface area contributed by atoms with E-state index in [0.29, 0.717) is 19.4 Å². The molecule has 0 aromatic rings. The highest BCUT2D eigenvalue weighted by molar-refractivity contribution is 7.86. The van der Waals surface area contributed by atoms with Gasteiger partial charge < -0.3 is 8.85 Å². The van der Waals surface area contributed by atoms with Crippen molar-refractivity contribution < 1.29 is 21.5 Å².